The van der Waals surface area contributed by atoms with Crippen LogP contribution in [0.4, 0.5) is 0 Å². The summed E-state index contributed by atoms with van der Waals surface area (Å²) in [6.07, 6.45) is 2.90. The lowest BCUT2D eigenvalue weighted by molar-refractivity contribution is 0.842. The van der Waals surface area contributed by atoms with E-state index in [9.17, 15) is 0 Å². The first-order valence-corrected chi connectivity index (χ1v) is 5.59. The zero-order chi connectivity index (χ0) is 11.5. The van der Waals surface area contributed by atoms with Crippen LogP contribution in [0.1, 0.15) is 23.7 Å². The van der Waals surface area contributed by atoms with E-state index in [-0.39, 0.29) is 0 Å². The number of rotatable bonds is 3. The molecule has 0 spiro atoms. The molecule has 1 aromatic heterocycles. The van der Waals surface area contributed by atoms with E-state index in [2.05, 4.69) is 36.3 Å². The van der Waals surface area contributed by atoms with E-state index < -0.39 is 0 Å². The summed E-state index contributed by atoms with van der Waals surface area (Å²) in [5, 5.41) is 4.35. The number of hydrogen-bond donors (Lipinski definition) is 1. The summed E-state index contributed by atoms with van der Waals surface area (Å²) in [6.45, 7) is 4.74. The molecule has 0 amide bonds. The molecule has 0 aliphatic rings. The normalized spacial score (nSPS) is 10.7. The highest BCUT2D eigenvalue weighted by Crippen LogP contribution is 2.14. The summed E-state index contributed by atoms with van der Waals surface area (Å²) in [5.41, 5.74) is 10.3. The molecule has 0 aliphatic heterocycles. The third-order valence-corrected chi connectivity index (χ3v) is 2.92. The highest BCUT2D eigenvalue weighted by Gasteiger charge is 2.06. The van der Waals surface area contributed by atoms with Gasteiger partial charge in [0, 0.05) is 17.8 Å². The van der Waals surface area contributed by atoms with E-state index in [4.69, 9.17) is 5.73 Å². The summed E-state index contributed by atoms with van der Waals surface area (Å²) >= 11 is 0. The van der Waals surface area contributed by atoms with Crippen molar-refractivity contribution in [2.75, 3.05) is 0 Å². The SMILES string of the molecule is CCc1ccc(-n2ncc(CN)c2C)cc1. The van der Waals surface area contributed by atoms with Crippen molar-refractivity contribution in [2.24, 2.45) is 5.73 Å². The van der Waals surface area contributed by atoms with Crippen molar-refractivity contribution in [1.82, 2.24) is 9.78 Å². The zero-order valence-electron chi connectivity index (χ0n) is 9.77. The molecular formula is C13H17N3. The minimum atomic E-state index is 0.541. The van der Waals surface area contributed by atoms with Gasteiger partial charge >= 0.3 is 0 Å². The average Bonchev–Trinajstić information content (AvgIpc) is 2.70. The van der Waals surface area contributed by atoms with E-state index in [1.54, 1.807) is 0 Å². The number of nitrogens with zero attached hydrogens (tertiary/aromatic N) is 2. The molecule has 1 heterocycles. The lowest BCUT2D eigenvalue weighted by Gasteiger charge is -2.05. The monoisotopic (exact) mass is 215 g/mol. The topological polar surface area (TPSA) is 43.8 Å². The lowest BCUT2D eigenvalue weighted by atomic mass is 10.1. The van der Waals surface area contributed by atoms with Crippen LogP contribution in [-0.4, -0.2) is 9.78 Å². The molecule has 0 atom stereocenters. The van der Waals surface area contributed by atoms with Gasteiger partial charge in [-0.05, 0) is 31.0 Å². The largest absolute Gasteiger partial charge is 0.326 e. The van der Waals surface area contributed by atoms with Crippen molar-refractivity contribution >= 4 is 0 Å². The van der Waals surface area contributed by atoms with Crippen molar-refractivity contribution in [3.63, 3.8) is 0 Å². The van der Waals surface area contributed by atoms with Crippen molar-refractivity contribution in [3.8, 4) is 5.69 Å². The van der Waals surface area contributed by atoms with Crippen molar-refractivity contribution in [1.29, 1.82) is 0 Å². The first-order chi connectivity index (χ1) is 7.76. The number of benzene rings is 1. The van der Waals surface area contributed by atoms with Gasteiger partial charge in [0.1, 0.15) is 0 Å². The van der Waals surface area contributed by atoms with Crippen molar-refractivity contribution in [2.45, 2.75) is 26.8 Å². The van der Waals surface area contributed by atoms with Crippen molar-refractivity contribution in [3.05, 3.63) is 47.3 Å². The Labute approximate surface area is 95.9 Å². The molecule has 0 unspecified atom stereocenters. The Morgan fingerprint density at radius 3 is 2.44 bits per heavy atom. The second-order valence-corrected chi connectivity index (χ2v) is 3.89. The van der Waals surface area contributed by atoms with Gasteiger partial charge in [-0.15, -0.1) is 0 Å². The van der Waals surface area contributed by atoms with E-state index in [1.165, 1.54) is 5.56 Å². The average molecular weight is 215 g/mol. The molecule has 0 saturated carbocycles. The molecule has 0 radical (unpaired) electrons. The van der Waals surface area contributed by atoms with Gasteiger partial charge in [0.05, 0.1) is 11.9 Å². The van der Waals surface area contributed by atoms with Crippen LogP contribution in [0.5, 0.6) is 0 Å². The van der Waals surface area contributed by atoms with Gasteiger partial charge in [0.15, 0.2) is 0 Å². The molecule has 1 aromatic carbocycles. The fourth-order valence-corrected chi connectivity index (χ4v) is 1.78. The van der Waals surface area contributed by atoms with Crippen LogP contribution >= 0.6 is 0 Å². The van der Waals surface area contributed by atoms with Gasteiger partial charge in [-0.25, -0.2) is 4.68 Å². The first kappa shape index (κ1) is 10.9. The predicted octanol–water partition coefficient (Wildman–Crippen LogP) is 2.20. The van der Waals surface area contributed by atoms with Crippen LogP contribution in [0, 0.1) is 6.92 Å². The third-order valence-electron chi connectivity index (χ3n) is 2.92. The minimum Gasteiger partial charge on any atom is -0.326 e. The maximum Gasteiger partial charge on any atom is 0.0648 e. The Hall–Kier alpha value is -1.61. The number of aromatic nitrogens is 2. The Morgan fingerprint density at radius 1 is 1.25 bits per heavy atom. The minimum absolute atomic E-state index is 0.541. The molecule has 2 aromatic rings. The molecule has 0 aliphatic carbocycles. The Bertz CT molecular complexity index is 468. The van der Waals surface area contributed by atoms with E-state index in [0.29, 0.717) is 6.54 Å². The zero-order valence-corrected chi connectivity index (χ0v) is 9.77. The smallest absolute Gasteiger partial charge is 0.0648 e. The van der Waals surface area contributed by atoms with Crippen LogP contribution < -0.4 is 5.73 Å². The highest BCUT2D eigenvalue weighted by molar-refractivity contribution is 5.36. The maximum absolute atomic E-state index is 5.63. The van der Waals surface area contributed by atoms with Gasteiger partial charge < -0.3 is 5.73 Å². The molecule has 3 heteroatoms. The summed E-state index contributed by atoms with van der Waals surface area (Å²) in [5.74, 6) is 0. The molecule has 0 saturated heterocycles. The number of aryl methyl sites for hydroxylation is 1. The van der Waals surface area contributed by atoms with E-state index >= 15 is 0 Å². The van der Waals surface area contributed by atoms with Crippen LogP contribution in [0.3, 0.4) is 0 Å². The molecule has 2 rings (SSSR count). The molecule has 2 N–H and O–H groups in total. The third kappa shape index (κ3) is 1.86. The Morgan fingerprint density at radius 2 is 1.94 bits per heavy atom. The number of hydrogen-bond acceptors (Lipinski definition) is 2. The van der Waals surface area contributed by atoms with Gasteiger partial charge in [0.25, 0.3) is 0 Å². The van der Waals surface area contributed by atoms with E-state index in [0.717, 1.165) is 23.4 Å². The molecule has 84 valence electrons. The van der Waals surface area contributed by atoms with Crippen molar-refractivity contribution < 1.29 is 0 Å². The predicted molar refractivity (Wildman–Crippen MR) is 65.6 cm³/mol. The molecule has 0 fully saturated rings. The van der Waals surface area contributed by atoms with Crippen LogP contribution in [-0.2, 0) is 13.0 Å². The van der Waals surface area contributed by atoms with Gasteiger partial charge in [-0.2, -0.15) is 5.10 Å². The molecule has 3 nitrogen and oxygen atoms in total. The lowest BCUT2D eigenvalue weighted by Crippen LogP contribution is -2.02. The van der Waals surface area contributed by atoms with Gasteiger partial charge in [-0.3, -0.25) is 0 Å². The molecule has 16 heavy (non-hydrogen) atoms. The quantitative estimate of drug-likeness (QED) is 0.853. The Balaban J connectivity index is 2.38. The van der Waals surface area contributed by atoms with E-state index in [1.807, 2.05) is 17.8 Å². The molecule has 0 bridgehead atoms. The fourth-order valence-electron chi connectivity index (χ4n) is 1.78. The van der Waals surface area contributed by atoms with Gasteiger partial charge in [-0.1, -0.05) is 19.1 Å². The summed E-state index contributed by atoms with van der Waals surface area (Å²) in [4.78, 5) is 0. The van der Waals surface area contributed by atoms with Crippen LogP contribution in [0.2, 0.25) is 0 Å². The second kappa shape index (κ2) is 4.49. The second-order valence-electron chi connectivity index (χ2n) is 3.89. The highest BCUT2D eigenvalue weighted by atomic mass is 15.3. The first-order valence-electron chi connectivity index (χ1n) is 5.59. The maximum atomic E-state index is 5.63. The van der Waals surface area contributed by atoms with Crippen LogP contribution in [0.25, 0.3) is 5.69 Å². The summed E-state index contributed by atoms with van der Waals surface area (Å²) in [7, 11) is 0. The Kier molecular flexibility index (Phi) is 3.06. The standard InChI is InChI=1S/C13H17N3/c1-3-11-4-6-13(7-5-11)16-10(2)12(8-14)9-15-16/h4-7,9H,3,8,14H2,1-2H3. The number of nitrogens with two attached hydrogens (primary N) is 1. The molecular weight excluding hydrogens is 198 g/mol. The van der Waals surface area contributed by atoms with Gasteiger partial charge in [0.2, 0.25) is 0 Å². The summed E-state index contributed by atoms with van der Waals surface area (Å²) in [6, 6.07) is 8.47. The van der Waals surface area contributed by atoms with Crippen LogP contribution in [0.15, 0.2) is 30.5 Å². The summed E-state index contributed by atoms with van der Waals surface area (Å²) < 4.78 is 1.93. The fraction of sp³-hybridized carbons (Fsp3) is 0.308.